The SMILES string of the molecule is COc1nc(OC)c(CCN2C[C@@H]3CN(C(=O)CO)CCN3[C@H](C(c3ccccc3)c3ccccc3)C2)c(OC(C)C)n1. The molecule has 5 rings (SSSR count). The third kappa shape index (κ3) is 7.09. The number of aromatic nitrogens is 2. The molecular weight excluding hydrogens is 546 g/mol. The molecule has 2 atom stereocenters. The fraction of sp³-hybridized carbons (Fsp3) is 0.485. The summed E-state index contributed by atoms with van der Waals surface area (Å²) in [5, 5.41) is 9.60. The standard InChI is InChI=1S/C33H43N5O5/c1-23(2)43-32-27(31(41-3)34-33(35-32)42-4)15-16-36-19-26-20-37(29(40)22-39)17-18-38(26)28(21-36)30(24-11-7-5-8-12-24)25-13-9-6-10-14-25/h5-14,23,26,28,30,39H,15-22H2,1-4H3/t26-,28+/m1/s1. The molecular formula is C33H43N5O5. The molecule has 3 aromatic rings. The van der Waals surface area contributed by atoms with Gasteiger partial charge in [-0.15, -0.1) is 0 Å². The van der Waals surface area contributed by atoms with E-state index in [-0.39, 0.29) is 36.0 Å². The molecule has 10 nitrogen and oxygen atoms in total. The van der Waals surface area contributed by atoms with Gasteiger partial charge in [-0.05, 0) is 31.4 Å². The van der Waals surface area contributed by atoms with Crippen molar-refractivity contribution in [1.82, 2.24) is 24.7 Å². The van der Waals surface area contributed by atoms with Crippen LogP contribution in [-0.2, 0) is 11.2 Å². The number of nitrogens with zero attached hydrogens (tertiary/aromatic N) is 5. The van der Waals surface area contributed by atoms with Crippen LogP contribution >= 0.6 is 0 Å². The third-order valence-corrected chi connectivity index (χ3v) is 8.37. The van der Waals surface area contributed by atoms with Gasteiger partial charge < -0.3 is 24.2 Å². The zero-order valence-electron chi connectivity index (χ0n) is 25.6. The number of amides is 1. The largest absolute Gasteiger partial charge is 0.481 e. The maximum Gasteiger partial charge on any atom is 0.322 e. The van der Waals surface area contributed by atoms with Crippen LogP contribution in [0.25, 0.3) is 0 Å². The second-order valence-corrected chi connectivity index (χ2v) is 11.4. The van der Waals surface area contributed by atoms with Gasteiger partial charge in [0.25, 0.3) is 0 Å². The van der Waals surface area contributed by atoms with Gasteiger partial charge in [0.15, 0.2) is 0 Å². The molecule has 0 bridgehead atoms. The van der Waals surface area contributed by atoms with Crippen molar-refractivity contribution in [1.29, 1.82) is 0 Å². The molecule has 0 aliphatic carbocycles. The molecule has 2 fully saturated rings. The fourth-order valence-electron chi connectivity index (χ4n) is 6.46. The van der Waals surface area contributed by atoms with Crippen LogP contribution in [0.1, 0.15) is 36.5 Å². The van der Waals surface area contributed by atoms with E-state index in [1.807, 2.05) is 13.8 Å². The van der Waals surface area contributed by atoms with E-state index in [0.29, 0.717) is 31.3 Å². The number of benzene rings is 2. The maximum atomic E-state index is 12.5. The summed E-state index contributed by atoms with van der Waals surface area (Å²) in [6.45, 7) is 7.78. The molecule has 10 heteroatoms. The van der Waals surface area contributed by atoms with Crippen LogP contribution in [0.3, 0.4) is 0 Å². The number of hydrogen-bond donors (Lipinski definition) is 1. The van der Waals surface area contributed by atoms with E-state index in [2.05, 4.69) is 80.4 Å². The zero-order chi connectivity index (χ0) is 30.3. The quantitative estimate of drug-likeness (QED) is 0.362. The van der Waals surface area contributed by atoms with Crippen molar-refractivity contribution in [2.45, 2.75) is 44.4 Å². The van der Waals surface area contributed by atoms with Crippen molar-refractivity contribution < 1.29 is 24.1 Å². The zero-order valence-corrected chi connectivity index (χ0v) is 25.6. The van der Waals surface area contributed by atoms with E-state index in [4.69, 9.17) is 14.2 Å². The molecule has 43 heavy (non-hydrogen) atoms. The molecule has 2 aromatic carbocycles. The number of piperazine rings is 2. The monoisotopic (exact) mass is 589 g/mol. The van der Waals surface area contributed by atoms with Crippen LogP contribution in [0, 0.1) is 0 Å². The minimum atomic E-state index is -0.466. The molecule has 2 saturated heterocycles. The van der Waals surface area contributed by atoms with Crippen LogP contribution < -0.4 is 14.2 Å². The minimum Gasteiger partial charge on any atom is -0.481 e. The van der Waals surface area contributed by atoms with Crippen molar-refractivity contribution in [3.63, 3.8) is 0 Å². The number of carbonyl (C=O) groups excluding carboxylic acids is 1. The molecule has 2 aliphatic heterocycles. The van der Waals surface area contributed by atoms with Crippen molar-refractivity contribution in [3.8, 4) is 17.8 Å². The number of ether oxygens (including phenoxy) is 3. The van der Waals surface area contributed by atoms with E-state index in [0.717, 1.165) is 31.7 Å². The molecule has 0 saturated carbocycles. The smallest absolute Gasteiger partial charge is 0.322 e. The van der Waals surface area contributed by atoms with Gasteiger partial charge in [0.2, 0.25) is 17.7 Å². The van der Waals surface area contributed by atoms with Crippen LogP contribution in [0.5, 0.6) is 17.8 Å². The molecule has 0 spiro atoms. The van der Waals surface area contributed by atoms with E-state index >= 15 is 0 Å². The van der Waals surface area contributed by atoms with Gasteiger partial charge in [-0.25, -0.2) is 0 Å². The average Bonchev–Trinajstić information content (AvgIpc) is 3.04. The lowest BCUT2D eigenvalue weighted by atomic mass is 9.81. The summed E-state index contributed by atoms with van der Waals surface area (Å²) in [7, 11) is 3.12. The van der Waals surface area contributed by atoms with Crippen molar-refractivity contribution >= 4 is 5.91 Å². The Hall–Kier alpha value is -3.73. The first-order valence-electron chi connectivity index (χ1n) is 15.0. The Balaban J connectivity index is 1.47. The second-order valence-electron chi connectivity index (χ2n) is 11.4. The fourth-order valence-corrected chi connectivity index (χ4v) is 6.46. The lowest BCUT2D eigenvalue weighted by Crippen LogP contribution is -2.67. The lowest BCUT2D eigenvalue weighted by molar-refractivity contribution is -0.139. The van der Waals surface area contributed by atoms with Crippen molar-refractivity contribution in [3.05, 3.63) is 77.4 Å². The number of aliphatic hydroxyl groups excluding tert-OH is 1. The average molecular weight is 590 g/mol. The first-order valence-corrected chi connectivity index (χ1v) is 15.0. The summed E-state index contributed by atoms with van der Waals surface area (Å²) in [5.74, 6) is 0.845. The molecule has 1 aromatic heterocycles. The first kappa shape index (κ1) is 30.7. The van der Waals surface area contributed by atoms with Gasteiger partial charge in [0.05, 0.1) is 25.9 Å². The van der Waals surface area contributed by atoms with Gasteiger partial charge in [0, 0.05) is 57.3 Å². The van der Waals surface area contributed by atoms with Crippen LogP contribution in [-0.4, -0.2) is 114 Å². The summed E-state index contributed by atoms with van der Waals surface area (Å²) in [6.07, 6.45) is 0.542. The van der Waals surface area contributed by atoms with E-state index in [1.54, 1.807) is 12.0 Å². The number of aliphatic hydroxyl groups is 1. The molecule has 230 valence electrons. The molecule has 3 heterocycles. The van der Waals surface area contributed by atoms with Crippen LogP contribution in [0.2, 0.25) is 0 Å². The van der Waals surface area contributed by atoms with Gasteiger partial charge in [-0.1, -0.05) is 60.7 Å². The lowest BCUT2D eigenvalue weighted by Gasteiger charge is -2.53. The minimum absolute atomic E-state index is 0.0780. The highest BCUT2D eigenvalue weighted by Gasteiger charge is 2.43. The normalized spacial score (nSPS) is 19.4. The summed E-state index contributed by atoms with van der Waals surface area (Å²) in [6, 6.07) is 21.9. The predicted octanol–water partition coefficient (Wildman–Crippen LogP) is 2.84. The first-order chi connectivity index (χ1) is 20.9. The Kier molecular flexibility index (Phi) is 10.1. The predicted molar refractivity (Wildman–Crippen MR) is 164 cm³/mol. The van der Waals surface area contributed by atoms with E-state index in [1.165, 1.54) is 18.2 Å². The number of carbonyl (C=O) groups is 1. The molecule has 1 amide bonds. The van der Waals surface area contributed by atoms with Crippen molar-refractivity contribution in [2.75, 3.05) is 60.1 Å². The highest BCUT2D eigenvalue weighted by Crippen LogP contribution is 2.36. The number of rotatable bonds is 11. The second kappa shape index (κ2) is 14.2. The summed E-state index contributed by atoms with van der Waals surface area (Å²) in [4.78, 5) is 28.3. The molecule has 1 N–H and O–H groups in total. The molecule has 0 radical (unpaired) electrons. The molecule has 2 aliphatic rings. The maximum absolute atomic E-state index is 12.5. The number of fused-ring (bicyclic) bond motifs is 1. The number of methoxy groups -OCH3 is 2. The molecule has 0 unspecified atom stereocenters. The van der Waals surface area contributed by atoms with Gasteiger partial charge in [-0.3, -0.25) is 14.6 Å². The Morgan fingerprint density at radius 3 is 2.14 bits per heavy atom. The highest BCUT2D eigenvalue weighted by molar-refractivity contribution is 5.77. The van der Waals surface area contributed by atoms with Crippen molar-refractivity contribution in [2.24, 2.45) is 0 Å². The van der Waals surface area contributed by atoms with E-state index in [9.17, 15) is 9.90 Å². The van der Waals surface area contributed by atoms with Crippen LogP contribution in [0.4, 0.5) is 0 Å². The number of hydrogen-bond acceptors (Lipinski definition) is 9. The van der Waals surface area contributed by atoms with E-state index < -0.39 is 6.61 Å². The Morgan fingerprint density at radius 1 is 0.907 bits per heavy atom. The van der Waals surface area contributed by atoms with Crippen LogP contribution in [0.15, 0.2) is 60.7 Å². The Bertz CT molecular complexity index is 1300. The highest BCUT2D eigenvalue weighted by atomic mass is 16.5. The van der Waals surface area contributed by atoms with Gasteiger partial charge in [0.1, 0.15) is 6.61 Å². The Labute approximate surface area is 254 Å². The summed E-state index contributed by atoms with van der Waals surface area (Å²) < 4.78 is 17.0. The topological polar surface area (TPSA) is 100 Å². The van der Waals surface area contributed by atoms with Gasteiger partial charge >= 0.3 is 6.01 Å². The Morgan fingerprint density at radius 2 is 1.56 bits per heavy atom. The third-order valence-electron chi connectivity index (χ3n) is 8.37. The summed E-state index contributed by atoms with van der Waals surface area (Å²) in [5.41, 5.74) is 3.34. The summed E-state index contributed by atoms with van der Waals surface area (Å²) >= 11 is 0. The van der Waals surface area contributed by atoms with Gasteiger partial charge in [-0.2, -0.15) is 9.97 Å².